The number of carbonyl (C=O) groups is 2. The summed E-state index contributed by atoms with van der Waals surface area (Å²) in [5.74, 6) is -1.50. The van der Waals surface area contributed by atoms with Gasteiger partial charge in [0.25, 0.3) is 0 Å². The van der Waals surface area contributed by atoms with E-state index >= 15 is 0 Å². The Morgan fingerprint density at radius 2 is 1.95 bits per heavy atom. The third-order valence-electron chi connectivity index (χ3n) is 3.89. The minimum Gasteiger partial charge on any atom is -0.295 e. The molecular weight excluding hydrogens is 277 g/mol. The molecule has 0 spiro atoms. The second-order valence-corrected chi connectivity index (χ2v) is 5.24. The first kappa shape index (κ1) is 13.5. The fourth-order valence-electron chi connectivity index (χ4n) is 2.88. The molecule has 2 amide bonds. The number of imidazole rings is 1. The molecule has 0 aliphatic carbocycles. The molecule has 0 bridgehead atoms. The topological polar surface area (TPSA) is 73.1 Å². The van der Waals surface area contributed by atoms with Crippen LogP contribution in [-0.2, 0) is 16.6 Å². The van der Waals surface area contributed by atoms with E-state index in [0.29, 0.717) is 5.52 Å². The van der Waals surface area contributed by atoms with Crippen molar-refractivity contribution in [3.63, 3.8) is 0 Å². The number of hydrogen-bond donors (Lipinski definition) is 1. The monoisotopic (exact) mass is 291 g/mol. The highest BCUT2D eigenvalue weighted by Crippen LogP contribution is 2.26. The van der Waals surface area contributed by atoms with Gasteiger partial charge in [0.1, 0.15) is 17.4 Å². The van der Waals surface area contributed by atoms with Gasteiger partial charge in [-0.2, -0.15) is 0 Å². The van der Waals surface area contributed by atoms with E-state index in [0.717, 1.165) is 10.1 Å². The molecule has 1 unspecified atom stereocenters. The number of nitrogens with zero attached hydrogens (tertiary/aromatic N) is 2. The number of rotatable bonds is 1. The van der Waals surface area contributed by atoms with Gasteiger partial charge in [-0.15, -0.1) is 0 Å². The van der Waals surface area contributed by atoms with Crippen molar-refractivity contribution in [2.75, 3.05) is 0 Å². The van der Waals surface area contributed by atoms with E-state index in [-0.39, 0.29) is 24.3 Å². The van der Waals surface area contributed by atoms with Crippen LogP contribution in [0.15, 0.2) is 16.9 Å². The van der Waals surface area contributed by atoms with Crippen LogP contribution in [-0.4, -0.2) is 20.9 Å². The molecule has 2 heterocycles. The molecule has 2 aromatic rings. The van der Waals surface area contributed by atoms with Crippen LogP contribution in [0.3, 0.4) is 0 Å². The Morgan fingerprint density at radius 3 is 2.62 bits per heavy atom. The first-order valence-corrected chi connectivity index (χ1v) is 6.61. The number of aromatic nitrogens is 2. The molecule has 1 saturated heterocycles. The highest BCUT2D eigenvalue weighted by molar-refractivity contribution is 6.00. The van der Waals surface area contributed by atoms with Crippen molar-refractivity contribution >= 4 is 22.8 Å². The third-order valence-corrected chi connectivity index (χ3v) is 3.89. The Hall–Kier alpha value is -2.44. The van der Waals surface area contributed by atoms with Crippen LogP contribution in [0.5, 0.6) is 0 Å². The van der Waals surface area contributed by atoms with Crippen LogP contribution in [0.4, 0.5) is 4.39 Å². The van der Waals surface area contributed by atoms with E-state index in [1.165, 1.54) is 10.6 Å². The molecule has 1 fully saturated rings. The summed E-state index contributed by atoms with van der Waals surface area (Å²) in [5, 5.41) is 2.19. The number of halogens is 1. The van der Waals surface area contributed by atoms with Crippen molar-refractivity contribution in [1.82, 2.24) is 14.5 Å². The molecule has 1 atom stereocenters. The van der Waals surface area contributed by atoms with Gasteiger partial charge < -0.3 is 0 Å². The lowest BCUT2D eigenvalue weighted by atomic mass is 10.1. The molecule has 3 rings (SSSR count). The van der Waals surface area contributed by atoms with Gasteiger partial charge in [-0.1, -0.05) is 6.07 Å². The maximum atomic E-state index is 14.2. The van der Waals surface area contributed by atoms with Gasteiger partial charge in [-0.3, -0.25) is 24.0 Å². The Kier molecular flexibility index (Phi) is 2.93. The summed E-state index contributed by atoms with van der Waals surface area (Å²) < 4.78 is 16.7. The van der Waals surface area contributed by atoms with E-state index in [4.69, 9.17) is 0 Å². The summed E-state index contributed by atoms with van der Waals surface area (Å²) in [7, 11) is 1.54. The van der Waals surface area contributed by atoms with Crippen molar-refractivity contribution < 1.29 is 14.0 Å². The van der Waals surface area contributed by atoms with Crippen LogP contribution < -0.4 is 11.0 Å². The molecule has 110 valence electrons. The number of amides is 2. The van der Waals surface area contributed by atoms with Gasteiger partial charge in [0.05, 0.1) is 5.52 Å². The zero-order valence-corrected chi connectivity index (χ0v) is 11.6. The summed E-state index contributed by atoms with van der Waals surface area (Å²) in [6.07, 6.45) is 0.323. The van der Waals surface area contributed by atoms with Crippen molar-refractivity contribution in [2.24, 2.45) is 7.05 Å². The van der Waals surface area contributed by atoms with E-state index in [1.54, 1.807) is 20.0 Å². The highest BCUT2D eigenvalue weighted by atomic mass is 19.1. The van der Waals surface area contributed by atoms with Gasteiger partial charge in [0.15, 0.2) is 0 Å². The summed E-state index contributed by atoms with van der Waals surface area (Å²) in [6.45, 7) is 1.77. The average molecular weight is 291 g/mol. The largest absolute Gasteiger partial charge is 0.329 e. The molecule has 1 aromatic carbocycles. The molecule has 0 saturated carbocycles. The fraction of sp³-hybridized carbons (Fsp3) is 0.357. The summed E-state index contributed by atoms with van der Waals surface area (Å²) in [6, 6.07) is 2.00. The van der Waals surface area contributed by atoms with Crippen molar-refractivity contribution in [1.29, 1.82) is 0 Å². The molecule has 7 heteroatoms. The van der Waals surface area contributed by atoms with Crippen molar-refractivity contribution in [3.8, 4) is 0 Å². The van der Waals surface area contributed by atoms with Gasteiger partial charge in [0.2, 0.25) is 11.8 Å². The molecule has 0 radical (unpaired) electrons. The predicted octanol–water partition coefficient (Wildman–Crippen LogP) is 0.765. The molecule has 6 nitrogen and oxygen atoms in total. The quantitative estimate of drug-likeness (QED) is 0.789. The minimum absolute atomic E-state index is 0.108. The Balaban J connectivity index is 2.31. The van der Waals surface area contributed by atoms with E-state index in [2.05, 4.69) is 5.32 Å². The molecule has 1 aromatic heterocycles. The number of fused-ring (bicyclic) bond motifs is 1. The third kappa shape index (κ3) is 1.88. The molecule has 1 aliphatic rings. The first-order chi connectivity index (χ1) is 9.91. The maximum absolute atomic E-state index is 14.2. The van der Waals surface area contributed by atoms with E-state index in [1.807, 2.05) is 0 Å². The average Bonchev–Trinajstić information content (AvgIpc) is 2.69. The number of piperidine rings is 1. The smallest absolute Gasteiger partial charge is 0.295 e. The summed E-state index contributed by atoms with van der Waals surface area (Å²) >= 11 is 0. The zero-order valence-electron chi connectivity index (χ0n) is 11.6. The SMILES string of the molecule is Cc1ccc(F)c2c1n(C)c(=O)n2C1CCC(=O)NC1=O. The van der Waals surface area contributed by atoms with Gasteiger partial charge >= 0.3 is 5.69 Å². The minimum atomic E-state index is -0.866. The summed E-state index contributed by atoms with van der Waals surface area (Å²) in [4.78, 5) is 35.6. The zero-order chi connectivity index (χ0) is 15.3. The molecular formula is C14H14FN3O3. The lowest BCUT2D eigenvalue weighted by Gasteiger charge is -2.22. The van der Waals surface area contributed by atoms with Crippen LogP contribution in [0.2, 0.25) is 0 Å². The Bertz CT molecular complexity index is 834. The van der Waals surface area contributed by atoms with Gasteiger partial charge in [-0.05, 0) is 25.0 Å². The van der Waals surface area contributed by atoms with Crippen LogP contribution in [0, 0.1) is 12.7 Å². The first-order valence-electron chi connectivity index (χ1n) is 6.61. The number of aryl methyl sites for hydroxylation is 2. The van der Waals surface area contributed by atoms with E-state index < -0.39 is 23.5 Å². The maximum Gasteiger partial charge on any atom is 0.329 e. The highest BCUT2D eigenvalue weighted by Gasteiger charge is 2.32. The number of carbonyl (C=O) groups excluding carboxylic acids is 2. The van der Waals surface area contributed by atoms with Crippen LogP contribution in [0.1, 0.15) is 24.4 Å². The normalized spacial score (nSPS) is 19.1. The summed E-state index contributed by atoms with van der Waals surface area (Å²) in [5.41, 5.74) is 0.853. The number of hydrogen-bond acceptors (Lipinski definition) is 3. The van der Waals surface area contributed by atoms with Crippen LogP contribution in [0.25, 0.3) is 11.0 Å². The molecule has 1 N–H and O–H groups in total. The Labute approximate surface area is 119 Å². The number of nitrogens with one attached hydrogen (secondary N) is 1. The van der Waals surface area contributed by atoms with Crippen LogP contribution >= 0.6 is 0 Å². The Morgan fingerprint density at radius 1 is 1.24 bits per heavy atom. The van der Waals surface area contributed by atoms with E-state index in [9.17, 15) is 18.8 Å². The second-order valence-electron chi connectivity index (χ2n) is 5.24. The van der Waals surface area contributed by atoms with Crippen molar-refractivity contribution in [2.45, 2.75) is 25.8 Å². The van der Waals surface area contributed by atoms with Gasteiger partial charge in [0, 0.05) is 13.5 Å². The second kappa shape index (κ2) is 4.54. The molecule has 21 heavy (non-hydrogen) atoms. The predicted molar refractivity (Wildman–Crippen MR) is 73.3 cm³/mol. The van der Waals surface area contributed by atoms with Gasteiger partial charge in [-0.25, -0.2) is 9.18 Å². The fourth-order valence-corrected chi connectivity index (χ4v) is 2.88. The number of imide groups is 1. The number of benzene rings is 1. The molecule has 1 aliphatic heterocycles. The standard InChI is InChI=1S/C14H14FN3O3/c1-7-3-4-8(15)12-11(7)17(2)14(21)18(12)9-5-6-10(19)16-13(9)20/h3-4,9H,5-6H2,1-2H3,(H,16,19,20). The lowest BCUT2D eigenvalue weighted by Crippen LogP contribution is -2.44. The lowest BCUT2D eigenvalue weighted by molar-refractivity contribution is -0.135. The van der Waals surface area contributed by atoms with Crippen molar-refractivity contribution in [3.05, 3.63) is 34.0 Å².